The Morgan fingerprint density at radius 1 is 1.29 bits per heavy atom. The molecule has 1 rings (SSSR count). The average Bonchev–Trinajstić information content (AvgIpc) is 2.28. The summed E-state index contributed by atoms with van der Waals surface area (Å²) < 4.78 is 19.0. The number of hydrogen-bond acceptors (Lipinski definition) is 4. The van der Waals surface area contributed by atoms with Gasteiger partial charge in [-0.05, 0) is 52.8 Å². The van der Waals surface area contributed by atoms with Crippen LogP contribution in [0.5, 0.6) is 0 Å². The monoisotopic (exact) mass is 294 g/mol. The normalized spacial score (nSPS) is 11.5. The minimum atomic E-state index is -1.07. The second kappa shape index (κ2) is 6.06. The molecule has 0 aliphatic heterocycles. The fourth-order valence-electron chi connectivity index (χ4n) is 1.67. The number of hydrogen-bond donors (Lipinski definition) is 1. The molecule has 1 amide bonds. The van der Waals surface area contributed by atoms with Gasteiger partial charge in [0.25, 0.3) is 0 Å². The molecule has 1 N–H and O–H groups in total. The molecule has 0 saturated heterocycles. The van der Waals surface area contributed by atoms with Crippen molar-refractivity contribution >= 4 is 17.9 Å². The zero-order valence-electron chi connectivity index (χ0n) is 12.8. The van der Waals surface area contributed by atoms with Gasteiger partial charge in [-0.25, -0.2) is 14.0 Å². The molecule has 0 fully saturated rings. The first-order chi connectivity index (χ1) is 9.55. The van der Waals surface area contributed by atoms with Gasteiger partial charge in [-0.3, -0.25) is 5.32 Å². The summed E-state index contributed by atoms with van der Waals surface area (Å²) in [4.78, 5) is 25.7. The van der Waals surface area contributed by atoms with Gasteiger partial charge in [0.2, 0.25) is 6.08 Å². The summed E-state index contributed by atoms with van der Waals surface area (Å²) in [7, 11) is 0. The molecule has 0 aromatic heterocycles. The van der Waals surface area contributed by atoms with Crippen LogP contribution in [0.15, 0.2) is 23.2 Å². The smallest absolute Gasteiger partial charge is 0.412 e. The van der Waals surface area contributed by atoms with E-state index in [1.54, 1.807) is 34.6 Å². The molecule has 0 aliphatic rings. The van der Waals surface area contributed by atoms with Crippen LogP contribution in [0.2, 0.25) is 0 Å². The molecule has 0 radical (unpaired) electrons. The third kappa shape index (κ3) is 5.00. The molecule has 0 atom stereocenters. The van der Waals surface area contributed by atoms with Crippen LogP contribution in [0.4, 0.5) is 14.9 Å². The van der Waals surface area contributed by atoms with Crippen LogP contribution in [-0.4, -0.2) is 17.8 Å². The minimum Gasteiger partial charge on any atom is -0.444 e. The molecule has 0 aliphatic carbocycles. The summed E-state index contributed by atoms with van der Waals surface area (Å²) in [5.41, 5.74) is -1.17. The Balaban J connectivity index is 3.03. The van der Waals surface area contributed by atoms with E-state index in [0.29, 0.717) is 5.69 Å². The lowest BCUT2D eigenvalue weighted by molar-refractivity contribution is 0.0636. The summed E-state index contributed by atoms with van der Waals surface area (Å²) in [6.45, 7) is 8.38. The molecule has 1 aromatic carbocycles. The van der Waals surface area contributed by atoms with Gasteiger partial charge in [-0.1, -0.05) is 0 Å². The SMILES string of the molecule is CC(C)(C)OC(=O)Nc1ccc(F)c(C(C)(C)N=C=O)c1. The van der Waals surface area contributed by atoms with E-state index in [2.05, 4.69) is 10.3 Å². The van der Waals surface area contributed by atoms with Gasteiger partial charge in [0.05, 0.1) is 5.54 Å². The zero-order valence-corrected chi connectivity index (χ0v) is 12.8. The van der Waals surface area contributed by atoms with E-state index >= 15 is 0 Å². The van der Waals surface area contributed by atoms with Gasteiger partial charge < -0.3 is 4.74 Å². The van der Waals surface area contributed by atoms with Crippen LogP contribution in [0.3, 0.4) is 0 Å². The first-order valence-corrected chi connectivity index (χ1v) is 6.44. The molecular formula is C15H19FN2O3. The number of anilines is 1. The Kier molecular flexibility index (Phi) is 4.86. The number of rotatable bonds is 3. The molecule has 0 saturated carbocycles. The third-order valence-electron chi connectivity index (χ3n) is 2.60. The lowest BCUT2D eigenvalue weighted by Gasteiger charge is -2.21. The number of amides is 1. The van der Waals surface area contributed by atoms with Crippen molar-refractivity contribution in [2.24, 2.45) is 4.99 Å². The van der Waals surface area contributed by atoms with Gasteiger partial charge >= 0.3 is 6.09 Å². The Morgan fingerprint density at radius 2 is 1.90 bits per heavy atom. The maximum absolute atomic E-state index is 13.9. The highest BCUT2D eigenvalue weighted by molar-refractivity contribution is 5.85. The van der Waals surface area contributed by atoms with Crippen molar-refractivity contribution < 1.29 is 18.7 Å². The van der Waals surface area contributed by atoms with E-state index in [9.17, 15) is 14.0 Å². The number of aliphatic imine (C=N–C) groups is 1. The highest BCUT2D eigenvalue weighted by Gasteiger charge is 2.24. The molecule has 0 unspecified atom stereocenters. The van der Waals surface area contributed by atoms with E-state index in [0.717, 1.165) is 0 Å². The van der Waals surface area contributed by atoms with Crippen molar-refractivity contribution in [1.29, 1.82) is 0 Å². The van der Waals surface area contributed by atoms with Crippen LogP contribution >= 0.6 is 0 Å². The molecule has 5 nitrogen and oxygen atoms in total. The summed E-state index contributed by atoms with van der Waals surface area (Å²) in [6.07, 6.45) is 0.779. The average molecular weight is 294 g/mol. The summed E-state index contributed by atoms with van der Waals surface area (Å²) in [5.74, 6) is -0.520. The molecule has 0 heterocycles. The van der Waals surface area contributed by atoms with Crippen LogP contribution < -0.4 is 5.32 Å². The highest BCUT2D eigenvalue weighted by atomic mass is 19.1. The Labute approximate surface area is 123 Å². The predicted molar refractivity (Wildman–Crippen MR) is 77.4 cm³/mol. The van der Waals surface area contributed by atoms with Crippen LogP contribution in [0.25, 0.3) is 0 Å². The summed E-state index contributed by atoms with van der Waals surface area (Å²) in [5, 5.41) is 2.51. The standard InChI is InChI=1S/C15H19FN2O3/c1-14(2,3)21-13(20)18-10-6-7-12(16)11(8-10)15(4,5)17-9-19/h6-8H,1-5H3,(H,18,20). The topological polar surface area (TPSA) is 67.8 Å². The molecular weight excluding hydrogens is 275 g/mol. The lowest BCUT2D eigenvalue weighted by atomic mass is 9.94. The largest absolute Gasteiger partial charge is 0.444 e. The van der Waals surface area contributed by atoms with Crippen molar-refractivity contribution in [1.82, 2.24) is 0 Å². The minimum absolute atomic E-state index is 0.180. The van der Waals surface area contributed by atoms with Crippen molar-refractivity contribution in [2.45, 2.75) is 45.8 Å². The number of isocyanates is 1. The number of halogens is 1. The zero-order chi connectivity index (χ0) is 16.3. The Morgan fingerprint density at radius 3 is 2.43 bits per heavy atom. The fourth-order valence-corrected chi connectivity index (χ4v) is 1.67. The van der Waals surface area contributed by atoms with E-state index in [4.69, 9.17) is 4.74 Å². The number of ether oxygens (including phenoxy) is 1. The molecule has 21 heavy (non-hydrogen) atoms. The lowest BCUT2D eigenvalue weighted by Crippen LogP contribution is -2.27. The van der Waals surface area contributed by atoms with Crippen LogP contribution in [-0.2, 0) is 15.1 Å². The molecule has 0 bridgehead atoms. The van der Waals surface area contributed by atoms with Gasteiger partial charge in [0.1, 0.15) is 11.4 Å². The number of carbonyl (C=O) groups excluding carboxylic acids is 2. The maximum atomic E-state index is 13.9. The maximum Gasteiger partial charge on any atom is 0.412 e. The van der Waals surface area contributed by atoms with Crippen LogP contribution in [0.1, 0.15) is 40.2 Å². The van der Waals surface area contributed by atoms with Gasteiger partial charge in [-0.15, -0.1) is 0 Å². The predicted octanol–water partition coefficient (Wildman–Crippen LogP) is 3.74. The van der Waals surface area contributed by atoms with Crippen molar-refractivity contribution in [2.75, 3.05) is 5.32 Å². The van der Waals surface area contributed by atoms with Crippen molar-refractivity contribution in [3.63, 3.8) is 0 Å². The van der Waals surface area contributed by atoms with E-state index in [1.807, 2.05) is 0 Å². The van der Waals surface area contributed by atoms with Gasteiger partial charge in [-0.2, -0.15) is 4.99 Å². The molecule has 0 spiro atoms. The van der Waals surface area contributed by atoms with Crippen LogP contribution in [0, 0.1) is 5.82 Å². The van der Waals surface area contributed by atoms with Gasteiger partial charge in [0.15, 0.2) is 0 Å². The second-order valence-corrected chi connectivity index (χ2v) is 6.08. The number of nitrogens with zero attached hydrogens (tertiary/aromatic N) is 1. The van der Waals surface area contributed by atoms with Crippen molar-refractivity contribution in [3.05, 3.63) is 29.6 Å². The van der Waals surface area contributed by atoms with Gasteiger partial charge in [0, 0.05) is 11.3 Å². The quantitative estimate of drug-likeness (QED) is 0.682. The summed E-state index contributed by atoms with van der Waals surface area (Å²) in [6, 6.07) is 4.02. The Bertz CT molecular complexity index is 585. The first-order valence-electron chi connectivity index (χ1n) is 6.44. The number of benzene rings is 1. The summed E-state index contributed by atoms with van der Waals surface area (Å²) >= 11 is 0. The third-order valence-corrected chi connectivity index (χ3v) is 2.60. The van der Waals surface area contributed by atoms with E-state index in [1.165, 1.54) is 24.3 Å². The second-order valence-electron chi connectivity index (χ2n) is 6.08. The van der Waals surface area contributed by atoms with E-state index < -0.39 is 23.1 Å². The number of nitrogens with one attached hydrogen (secondary N) is 1. The first kappa shape index (κ1) is 16.9. The molecule has 6 heteroatoms. The van der Waals surface area contributed by atoms with E-state index in [-0.39, 0.29) is 5.56 Å². The fraction of sp³-hybridized carbons (Fsp3) is 0.467. The molecule has 114 valence electrons. The van der Waals surface area contributed by atoms with Crippen molar-refractivity contribution in [3.8, 4) is 0 Å². The molecule has 1 aromatic rings. The highest BCUT2D eigenvalue weighted by Crippen LogP contribution is 2.29. The number of carbonyl (C=O) groups is 1. The Hall–Kier alpha value is -2.20.